The summed E-state index contributed by atoms with van der Waals surface area (Å²) in [6.07, 6.45) is 0. The fraction of sp³-hybridized carbons (Fsp3) is 0. The van der Waals surface area contributed by atoms with E-state index in [1.807, 2.05) is 0 Å². The number of para-hydroxylation sites is 5. The molecule has 0 amide bonds. The van der Waals surface area contributed by atoms with Gasteiger partial charge < -0.3 is 18.1 Å². The highest BCUT2D eigenvalue weighted by Crippen LogP contribution is 2.45. The molecule has 4 heterocycles. The van der Waals surface area contributed by atoms with Gasteiger partial charge in [0.1, 0.15) is 11.2 Å². The van der Waals surface area contributed by atoms with Crippen molar-refractivity contribution < 1.29 is 4.42 Å². The van der Waals surface area contributed by atoms with Crippen LogP contribution in [-0.2, 0) is 0 Å². The second-order valence-corrected chi connectivity index (χ2v) is 18.4. The largest absolute Gasteiger partial charge is 0.456 e. The molecule has 0 N–H and O–H groups in total. The fourth-order valence-electron chi connectivity index (χ4n) is 11.6. The van der Waals surface area contributed by atoms with Gasteiger partial charge in [0.2, 0.25) is 0 Å². The Bertz CT molecular complexity index is 4570. The van der Waals surface area contributed by atoms with Gasteiger partial charge in [0.15, 0.2) is 0 Å². The molecule has 0 unspecified atom stereocenters. The molecule has 0 saturated carbocycles. The van der Waals surface area contributed by atoms with Crippen molar-refractivity contribution in [2.75, 3.05) is 0 Å². The van der Waals surface area contributed by atoms with Crippen molar-refractivity contribution in [2.45, 2.75) is 0 Å². The van der Waals surface area contributed by atoms with Gasteiger partial charge in [-0.25, -0.2) is 0 Å². The first-order chi connectivity index (χ1) is 34.7. The van der Waals surface area contributed by atoms with Crippen LogP contribution in [0.25, 0.3) is 138 Å². The van der Waals surface area contributed by atoms with Crippen LogP contribution < -0.4 is 0 Å². The summed E-state index contributed by atoms with van der Waals surface area (Å²) in [5, 5.41) is 9.60. The monoisotopic (exact) mass is 891 g/mol. The molecule has 0 aliphatic carbocycles. The molecule has 0 fully saturated rings. The van der Waals surface area contributed by atoms with Crippen LogP contribution in [0.5, 0.6) is 0 Å². The lowest BCUT2D eigenvalue weighted by atomic mass is 9.94. The maximum Gasteiger partial charge on any atom is 0.136 e. The average Bonchev–Trinajstić information content (AvgIpc) is 4.17. The molecule has 0 aliphatic rings. The maximum absolute atomic E-state index is 6.68. The normalized spacial score (nSPS) is 12.0. The summed E-state index contributed by atoms with van der Waals surface area (Å²) < 4.78 is 13.9. The zero-order valence-electron chi connectivity index (χ0n) is 37.9. The molecular weight excluding hydrogens is 851 g/mol. The molecule has 70 heavy (non-hydrogen) atoms. The van der Waals surface area contributed by atoms with Crippen LogP contribution in [0.15, 0.2) is 253 Å². The molecule has 0 saturated heterocycles. The molecule has 4 nitrogen and oxygen atoms in total. The van der Waals surface area contributed by atoms with Crippen LogP contribution in [0.2, 0.25) is 0 Å². The van der Waals surface area contributed by atoms with Gasteiger partial charge in [0.05, 0.1) is 33.1 Å². The predicted octanol–water partition coefficient (Wildman–Crippen LogP) is 17.9. The van der Waals surface area contributed by atoms with E-state index in [2.05, 4.69) is 262 Å². The third-order valence-electron chi connectivity index (χ3n) is 14.6. The second-order valence-electron chi connectivity index (χ2n) is 18.4. The van der Waals surface area contributed by atoms with E-state index in [1.165, 1.54) is 82.1 Å². The highest BCUT2D eigenvalue weighted by molar-refractivity contribution is 6.21. The summed E-state index contributed by atoms with van der Waals surface area (Å²) >= 11 is 0. The average molecular weight is 892 g/mol. The first kappa shape index (κ1) is 38.7. The van der Waals surface area contributed by atoms with E-state index in [9.17, 15) is 0 Å². The molecule has 15 aromatic rings. The van der Waals surface area contributed by atoms with E-state index in [1.54, 1.807) is 0 Å². The zero-order chi connectivity index (χ0) is 45.9. The van der Waals surface area contributed by atoms with Gasteiger partial charge in [0.25, 0.3) is 0 Å². The van der Waals surface area contributed by atoms with E-state index >= 15 is 0 Å². The lowest BCUT2D eigenvalue weighted by Gasteiger charge is -2.10. The Hall–Kier alpha value is -9.38. The molecule has 15 rings (SSSR count). The van der Waals surface area contributed by atoms with Crippen molar-refractivity contribution in [3.8, 4) is 50.4 Å². The van der Waals surface area contributed by atoms with Crippen LogP contribution in [0.1, 0.15) is 0 Å². The first-order valence-corrected chi connectivity index (χ1v) is 24.0. The SMILES string of the molecule is c1ccc(-n2c3ccc(-c4ccc5oc6cccc(-c7cccc8c7c7ccccc7n8-c7ccccc7)c6c5c4)cc3c3cc(-c4ccc5c6ccccc6n(-c6ccccc6)c5c4)ccc32)cc1. The van der Waals surface area contributed by atoms with Crippen LogP contribution >= 0.6 is 0 Å². The van der Waals surface area contributed by atoms with Crippen LogP contribution in [0, 0.1) is 0 Å². The minimum absolute atomic E-state index is 0.875. The summed E-state index contributed by atoms with van der Waals surface area (Å²) in [5.74, 6) is 0. The summed E-state index contributed by atoms with van der Waals surface area (Å²) in [6, 6.07) is 90.4. The Kier molecular flexibility index (Phi) is 8.33. The Labute approximate surface area is 402 Å². The number of rotatable bonds is 6. The minimum Gasteiger partial charge on any atom is -0.456 e. The smallest absolute Gasteiger partial charge is 0.136 e. The highest BCUT2D eigenvalue weighted by Gasteiger charge is 2.21. The van der Waals surface area contributed by atoms with E-state index < -0.39 is 0 Å². The first-order valence-electron chi connectivity index (χ1n) is 24.0. The zero-order valence-corrected chi connectivity index (χ0v) is 37.9. The predicted molar refractivity (Wildman–Crippen MR) is 293 cm³/mol. The number of fused-ring (bicyclic) bond motifs is 12. The standard InChI is InChI=1S/C66H41N3O/c1-4-16-46(17-5-1)67-59-35-31-42(38-54(59)55-39-43(32-36-60(55)67)45-30-34-50-49-22-10-12-26-57(49)69(62(50)41-45)48-20-8-3-9-21-48)44-33-37-63-56(40-44)66-52(25-15-29-64(66)70-63)51-24-14-28-61-65(51)53-23-11-13-27-58(53)68(61)47-18-6-2-7-19-47/h1-41H. The number of furan rings is 1. The van der Waals surface area contributed by atoms with Crippen molar-refractivity contribution in [1.29, 1.82) is 0 Å². The van der Waals surface area contributed by atoms with Gasteiger partial charge in [-0.1, -0.05) is 146 Å². The van der Waals surface area contributed by atoms with Crippen molar-refractivity contribution in [3.05, 3.63) is 249 Å². The third kappa shape index (κ3) is 5.71. The van der Waals surface area contributed by atoms with Crippen molar-refractivity contribution in [1.82, 2.24) is 13.7 Å². The highest BCUT2D eigenvalue weighted by atomic mass is 16.3. The summed E-state index contributed by atoms with van der Waals surface area (Å²) in [6.45, 7) is 0. The summed E-state index contributed by atoms with van der Waals surface area (Å²) in [4.78, 5) is 0. The minimum atomic E-state index is 0.875. The summed E-state index contributed by atoms with van der Waals surface area (Å²) in [5.41, 5.74) is 19.3. The van der Waals surface area contributed by atoms with Gasteiger partial charge in [-0.3, -0.25) is 0 Å². The molecule has 0 atom stereocenters. The number of hydrogen-bond donors (Lipinski definition) is 0. The molecule has 0 bridgehead atoms. The Morgan fingerprint density at radius 2 is 0.657 bits per heavy atom. The quantitative estimate of drug-likeness (QED) is 0.163. The molecule has 11 aromatic carbocycles. The number of nitrogens with zero attached hydrogens (tertiary/aromatic N) is 3. The molecule has 0 spiro atoms. The van der Waals surface area contributed by atoms with E-state index in [-0.39, 0.29) is 0 Å². The van der Waals surface area contributed by atoms with E-state index in [0.717, 1.165) is 55.7 Å². The fourth-order valence-corrected chi connectivity index (χ4v) is 11.6. The van der Waals surface area contributed by atoms with Gasteiger partial charge in [0, 0.05) is 60.2 Å². The van der Waals surface area contributed by atoms with Crippen LogP contribution in [-0.4, -0.2) is 13.7 Å². The molecule has 4 heteroatoms. The number of benzene rings is 11. The van der Waals surface area contributed by atoms with Gasteiger partial charge in [-0.15, -0.1) is 0 Å². The van der Waals surface area contributed by atoms with Crippen molar-refractivity contribution in [3.63, 3.8) is 0 Å². The maximum atomic E-state index is 6.68. The van der Waals surface area contributed by atoms with Gasteiger partial charge in [-0.2, -0.15) is 0 Å². The Morgan fingerprint density at radius 1 is 0.229 bits per heavy atom. The topological polar surface area (TPSA) is 27.9 Å². The molecule has 326 valence electrons. The molecular formula is C66H41N3O. The van der Waals surface area contributed by atoms with E-state index in [0.29, 0.717) is 0 Å². The van der Waals surface area contributed by atoms with Crippen LogP contribution in [0.4, 0.5) is 0 Å². The summed E-state index contributed by atoms with van der Waals surface area (Å²) in [7, 11) is 0. The second kappa shape index (κ2) is 15.1. The van der Waals surface area contributed by atoms with E-state index in [4.69, 9.17) is 4.42 Å². The van der Waals surface area contributed by atoms with Crippen LogP contribution in [0.3, 0.4) is 0 Å². The number of aromatic nitrogens is 3. The third-order valence-corrected chi connectivity index (χ3v) is 14.6. The van der Waals surface area contributed by atoms with Crippen molar-refractivity contribution >= 4 is 87.4 Å². The molecule has 4 aromatic heterocycles. The lowest BCUT2D eigenvalue weighted by molar-refractivity contribution is 0.669. The number of hydrogen-bond acceptors (Lipinski definition) is 1. The Balaban J connectivity index is 0.913. The lowest BCUT2D eigenvalue weighted by Crippen LogP contribution is -1.93. The van der Waals surface area contributed by atoms with Gasteiger partial charge in [-0.05, 0) is 137 Å². The Morgan fingerprint density at radius 3 is 1.30 bits per heavy atom. The van der Waals surface area contributed by atoms with Crippen molar-refractivity contribution in [2.24, 2.45) is 0 Å². The molecule has 0 aliphatic heterocycles. The van der Waals surface area contributed by atoms with Gasteiger partial charge >= 0.3 is 0 Å². The molecule has 0 radical (unpaired) electrons.